The van der Waals surface area contributed by atoms with E-state index in [0.29, 0.717) is 12.2 Å². The zero-order chi connectivity index (χ0) is 18.4. The van der Waals surface area contributed by atoms with Crippen molar-refractivity contribution in [3.63, 3.8) is 0 Å². The Labute approximate surface area is 150 Å². The van der Waals surface area contributed by atoms with Gasteiger partial charge in [-0.2, -0.15) is 0 Å². The minimum absolute atomic E-state index is 0.176. The Morgan fingerprint density at radius 1 is 1.15 bits per heavy atom. The van der Waals surface area contributed by atoms with Gasteiger partial charge in [0.25, 0.3) is 0 Å². The molecule has 26 heavy (non-hydrogen) atoms. The first-order valence-electron chi connectivity index (χ1n) is 8.16. The minimum atomic E-state index is -0.420. The summed E-state index contributed by atoms with van der Waals surface area (Å²) in [5.74, 6) is -0.441. The first-order chi connectivity index (χ1) is 12.6. The molecule has 1 heterocycles. The number of hydrogen-bond acceptors (Lipinski definition) is 4. The van der Waals surface area contributed by atoms with Crippen molar-refractivity contribution in [1.82, 2.24) is 14.9 Å². The van der Waals surface area contributed by atoms with Crippen molar-refractivity contribution in [3.8, 4) is 5.75 Å². The van der Waals surface area contributed by atoms with Crippen molar-refractivity contribution in [1.29, 1.82) is 0 Å². The van der Waals surface area contributed by atoms with Crippen LogP contribution in [0.15, 0.2) is 60.8 Å². The number of carbonyl (C=O) groups excluding carboxylic acids is 1. The zero-order valence-corrected chi connectivity index (χ0v) is 14.3. The maximum atomic E-state index is 13.5. The second kappa shape index (κ2) is 8.20. The largest absolute Gasteiger partial charge is 0.489 e. The summed E-state index contributed by atoms with van der Waals surface area (Å²) in [6, 6.07) is 13.7. The average Bonchev–Trinajstić information content (AvgIpc) is 2.67. The van der Waals surface area contributed by atoms with Gasteiger partial charge < -0.3 is 9.64 Å². The van der Waals surface area contributed by atoms with Crippen LogP contribution in [0.4, 0.5) is 4.39 Å². The van der Waals surface area contributed by atoms with Crippen LogP contribution in [0.5, 0.6) is 5.75 Å². The molecular formula is C20H18FN3O2. The van der Waals surface area contributed by atoms with E-state index < -0.39 is 5.82 Å². The van der Waals surface area contributed by atoms with Crippen molar-refractivity contribution in [2.24, 2.45) is 0 Å². The van der Waals surface area contributed by atoms with Gasteiger partial charge in [0.1, 0.15) is 6.61 Å². The topological polar surface area (TPSA) is 55.3 Å². The maximum absolute atomic E-state index is 13.5. The van der Waals surface area contributed by atoms with E-state index in [2.05, 4.69) is 9.97 Å². The zero-order valence-electron chi connectivity index (χ0n) is 14.3. The number of carbonyl (C=O) groups is 1. The van der Waals surface area contributed by atoms with E-state index in [1.807, 2.05) is 24.3 Å². The van der Waals surface area contributed by atoms with Gasteiger partial charge in [0.15, 0.2) is 11.6 Å². The molecule has 0 N–H and O–H groups in total. The fourth-order valence-electron chi connectivity index (χ4n) is 2.30. The second-order valence-corrected chi connectivity index (χ2v) is 5.66. The number of aromatic nitrogens is 2. The fraction of sp³-hybridized carbons (Fsp3) is 0.150. The molecule has 3 rings (SSSR count). The molecule has 5 nitrogen and oxygen atoms in total. The molecule has 3 aromatic rings. The van der Waals surface area contributed by atoms with Gasteiger partial charge in [-0.15, -0.1) is 0 Å². The standard InChI is InChI=1S/C20H18FN3O2/c1-24(12-13-26-19-9-5-2-6-16(19)21)20(25)11-10-15-14-22-17-7-3-4-8-18(17)23-15/h2-11,14H,12-13H2,1H3/b11-10+. The molecule has 0 aliphatic carbocycles. The monoisotopic (exact) mass is 351 g/mol. The van der Waals surface area contributed by atoms with Crippen LogP contribution in [0.25, 0.3) is 17.1 Å². The van der Waals surface area contributed by atoms with Gasteiger partial charge in [-0.05, 0) is 30.3 Å². The molecule has 0 aliphatic rings. The van der Waals surface area contributed by atoms with Gasteiger partial charge in [0.2, 0.25) is 5.91 Å². The van der Waals surface area contributed by atoms with E-state index in [-0.39, 0.29) is 18.3 Å². The molecule has 0 atom stereocenters. The summed E-state index contributed by atoms with van der Waals surface area (Å²) < 4.78 is 18.8. The molecule has 0 saturated carbocycles. The van der Waals surface area contributed by atoms with Crippen LogP contribution >= 0.6 is 0 Å². The van der Waals surface area contributed by atoms with E-state index in [4.69, 9.17) is 4.74 Å². The van der Waals surface area contributed by atoms with Crippen LogP contribution in [0.1, 0.15) is 5.69 Å². The third kappa shape index (κ3) is 4.42. The summed E-state index contributed by atoms with van der Waals surface area (Å²) in [7, 11) is 1.66. The highest BCUT2D eigenvalue weighted by Crippen LogP contribution is 2.15. The summed E-state index contributed by atoms with van der Waals surface area (Å²) in [4.78, 5) is 22.4. The van der Waals surface area contributed by atoms with Crippen molar-refractivity contribution >= 4 is 23.0 Å². The normalized spacial score (nSPS) is 11.0. The van der Waals surface area contributed by atoms with Crippen LogP contribution < -0.4 is 4.74 Å². The maximum Gasteiger partial charge on any atom is 0.246 e. The van der Waals surface area contributed by atoms with Crippen LogP contribution in [-0.4, -0.2) is 41.0 Å². The number of hydrogen-bond donors (Lipinski definition) is 0. The molecule has 6 heteroatoms. The quantitative estimate of drug-likeness (QED) is 0.639. The summed E-state index contributed by atoms with van der Waals surface area (Å²) in [5, 5.41) is 0. The Bertz CT molecular complexity index is 943. The SMILES string of the molecule is CN(CCOc1ccccc1F)C(=O)/C=C/c1cnc2ccccc2n1. The first-order valence-corrected chi connectivity index (χ1v) is 8.16. The lowest BCUT2D eigenvalue weighted by Gasteiger charge is -2.15. The van der Waals surface area contributed by atoms with Gasteiger partial charge in [0, 0.05) is 13.1 Å². The predicted octanol–water partition coefficient (Wildman–Crippen LogP) is 3.32. The molecule has 0 radical (unpaired) electrons. The number of ether oxygens (including phenoxy) is 1. The molecule has 0 aliphatic heterocycles. The molecule has 0 saturated heterocycles. The summed E-state index contributed by atoms with van der Waals surface area (Å²) >= 11 is 0. The average molecular weight is 351 g/mol. The van der Waals surface area contributed by atoms with Crippen molar-refractivity contribution in [2.75, 3.05) is 20.2 Å². The van der Waals surface area contributed by atoms with Crippen molar-refractivity contribution in [2.45, 2.75) is 0 Å². The number of para-hydroxylation sites is 3. The number of fused-ring (bicyclic) bond motifs is 1. The molecule has 2 aromatic carbocycles. The van der Waals surface area contributed by atoms with E-state index >= 15 is 0 Å². The Balaban J connectivity index is 1.54. The summed E-state index contributed by atoms with van der Waals surface area (Å²) in [6.07, 6.45) is 4.67. The number of nitrogens with zero attached hydrogens (tertiary/aromatic N) is 3. The van der Waals surface area contributed by atoms with Crippen LogP contribution in [-0.2, 0) is 4.79 Å². The first kappa shape index (κ1) is 17.5. The third-order valence-corrected chi connectivity index (χ3v) is 3.76. The van der Waals surface area contributed by atoms with Gasteiger partial charge >= 0.3 is 0 Å². The van der Waals surface area contributed by atoms with Gasteiger partial charge in [-0.1, -0.05) is 24.3 Å². The smallest absolute Gasteiger partial charge is 0.246 e. The highest BCUT2D eigenvalue weighted by molar-refractivity contribution is 5.91. The van der Waals surface area contributed by atoms with Gasteiger partial charge in [-0.25, -0.2) is 9.37 Å². The molecule has 1 aromatic heterocycles. The van der Waals surface area contributed by atoms with E-state index in [1.54, 1.807) is 37.5 Å². The second-order valence-electron chi connectivity index (χ2n) is 5.66. The molecule has 0 bridgehead atoms. The van der Waals surface area contributed by atoms with E-state index in [1.165, 1.54) is 17.0 Å². The molecule has 1 amide bonds. The predicted molar refractivity (Wildman–Crippen MR) is 98.1 cm³/mol. The molecule has 132 valence electrons. The van der Waals surface area contributed by atoms with Crippen LogP contribution in [0.3, 0.4) is 0 Å². The molecule has 0 spiro atoms. The van der Waals surface area contributed by atoms with Gasteiger partial charge in [0.05, 0.1) is 29.5 Å². The van der Waals surface area contributed by atoms with Crippen LogP contribution in [0, 0.1) is 5.82 Å². The summed E-state index contributed by atoms with van der Waals surface area (Å²) in [6.45, 7) is 0.535. The lowest BCUT2D eigenvalue weighted by Crippen LogP contribution is -2.29. The Morgan fingerprint density at radius 2 is 1.88 bits per heavy atom. The number of likely N-dealkylation sites (N-methyl/N-ethyl adjacent to an activating group) is 1. The molecule has 0 fully saturated rings. The lowest BCUT2D eigenvalue weighted by molar-refractivity contribution is -0.125. The number of rotatable bonds is 6. The Kier molecular flexibility index (Phi) is 5.53. The molecular weight excluding hydrogens is 333 g/mol. The minimum Gasteiger partial charge on any atom is -0.489 e. The highest BCUT2D eigenvalue weighted by atomic mass is 19.1. The van der Waals surface area contributed by atoms with E-state index in [0.717, 1.165) is 11.0 Å². The van der Waals surface area contributed by atoms with Crippen molar-refractivity contribution in [3.05, 3.63) is 72.3 Å². The Hall–Kier alpha value is -3.28. The van der Waals surface area contributed by atoms with Gasteiger partial charge in [-0.3, -0.25) is 9.78 Å². The van der Waals surface area contributed by atoms with E-state index in [9.17, 15) is 9.18 Å². The fourth-order valence-corrected chi connectivity index (χ4v) is 2.30. The number of benzene rings is 2. The summed E-state index contributed by atoms with van der Waals surface area (Å²) in [5.41, 5.74) is 2.18. The number of halogens is 1. The number of amides is 1. The Morgan fingerprint density at radius 3 is 2.69 bits per heavy atom. The van der Waals surface area contributed by atoms with Crippen molar-refractivity contribution < 1.29 is 13.9 Å². The van der Waals surface area contributed by atoms with Crippen LogP contribution in [0.2, 0.25) is 0 Å². The molecule has 0 unspecified atom stereocenters. The third-order valence-electron chi connectivity index (χ3n) is 3.76. The highest BCUT2D eigenvalue weighted by Gasteiger charge is 2.07. The lowest BCUT2D eigenvalue weighted by atomic mass is 10.3.